The molecule has 1 fully saturated rings. The van der Waals surface area contributed by atoms with Crippen molar-refractivity contribution in [2.75, 3.05) is 7.11 Å². The molecule has 4 nitrogen and oxygen atoms in total. The summed E-state index contributed by atoms with van der Waals surface area (Å²) in [5.74, 6) is 1.61. The van der Waals surface area contributed by atoms with Crippen LogP contribution in [-0.2, 0) is 13.2 Å². The van der Waals surface area contributed by atoms with E-state index in [0.717, 1.165) is 34.9 Å². The summed E-state index contributed by atoms with van der Waals surface area (Å²) < 4.78 is 7.38. The molecule has 0 unspecified atom stereocenters. The van der Waals surface area contributed by atoms with Gasteiger partial charge in [-0.2, -0.15) is 5.10 Å². The van der Waals surface area contributed by atoms with Crippen LogP contribution in [0.4, 0.5) is 0 Å². The van der Waals surface area contributed by atoms with Crippen LogP contribution in [-0.4, -0.2) is 22.0 Å². The Balaban J connectivity index is 1.92. The molecule has 1 saturated carbocycles. The second-order valence-corrected chi connectivity index (χ2v) is 5.09. The zero-order valence-corrected chi connectivity index (χ0v) is 11.0. The molecule has 1 heterocycles. The molecule has 3 rings (SSSR count). The van der Waals surface area contributed by atoms with E-state index in [1.54, 1.807) is 7.11 Å². The smallest absolute Gasteiger partial charge is 0.126 e. The van der Waals surface area contributed by atoms with Crippen LogP contribution in [0.1, 0.15) is 18.4 Å². The molecule has 0 amide bonds. The fraction of sp³-hybridized carbons (Fsp3) is 0.400. The first-order chi connectivity index (χ1) is 9.30. The number of hydrogen-bond donors (Lipinski definition) is 1. The number of hydrogen-bond acceptors (Lipinski definition) is 3. The van der Waals surface area contributed by atoms with E-state index in [1.165, 1.54) is 12.8 Å². The summed E-state index contributed by atoms with van der Waals surface area (Å²) in [7, 11) is 1.66. The third-order valence-corrected chi connectivity index (χ3v) is 3.53. The highest BCUT2D eigenvalue weighted by atomic mass is 16.5. The van der Waals surface area contributed by atoms with Crippen molar-refractivity contribution in [3.63, 3.8) is 0 Å². The van der Waals surface area contributed by atoms with E-state index < -0.39 is 0 Å². The van der Waals surface area contributed by atoms with Gasteiger partial charge in [0.2, 0.25) is 0 Å². The van der Waals surface area contributed by atoms with Crippen molar-refractivity contribution in [3.8, 4) is 16.9 Å². The number of aliphatic hydroxyl groups excluding tert-OH is 1. The second-order valence-electron chi connectivity index (χ2n) is 5.09. The Morgan fingerprint density at radius 3 is 2.95 bits per heavy atom. The second kappa shape index (κ2) is 5.05. The van der Waals surface area contributed by atoms with Gasteiger partial charge in [-0.3, -0.25) is 4.68 Å². The standard InChI is InChI=1S/C15H18N2O2/c1-19-15-5-4-12(10-18)6-14(15)13-7-16-17(9-13)8-11-2-3-11/h4-7,9,11,18H,2-3,8,10H2,1H3. The molecule has 2 aromatic rings. The fourth-order valence-electron chi connectivity index (χ4n) is 2.25. The van der Waals surface area contributed by atoms with E-state index in [9.17, 15) is 5.11 Å². The third kappa shape index (κ3) is 2.63. The molecule has 0 aliphatic heterocycles. The number of methoxy groups -OCH3 is 1. The summed E-state index contributed by atoms with van der Waals surface area (Å²) in [4.78, 5) is 0. The molecule has 4 heteroatoms. The van der Waals surface area contributed by atoms with E-state index >= 15 is 0 Å². The molecule has 0 atom stereocenters. The SMILES string of the molecule is COc1ccc(CO)cc1-c1cnn(CC2CC2)c1. The van der Waals surface area contributed by atoms with Crippen LogP contribution >= 0.6 is 0 Å². The van der Waals surface area contributed by atoms with Gasteiger partial charge in [0.15, 0.2) is 0 Å². The summed E-state index contributed by atoms with van der Waals surface area (Å²) >= 11 is 0. The lowest BCUT2D eigenvalue weighted by atomic mass is 10.1. The molecule has 0 radical (unpaired) electrons. The van der Waals surface area contributed by atoms with E-state index in [2.05, 4.69) is 11.3 Å². The highest BCUT2D eigenvalue weighted by Crippen LogP contribution is 2.33. The molecular formula is C15H18N2O2. The van der Waals surface area contributed by atoms with Crippen molar-refractivity contribution in [2.45, 2.75) is 26.0 Å². The number of nitrogens with zero attached hydrogens (tertiary/aromatic N) is 2. The fourth-order valence-corrected chi connectivity index (χ4v) is 2.25. The van der Waals surface area contributed by atoms with Gasteiger partial charge < -0.3 is 9.84 Å². The monoisotopic (exact) mass is 258 g/mol. The van der Waals surface area contributed by atoms with Crippen molar-refractivity contribution in [1.29, 1.82) is 0 Å². The van der Waals surface area contributed by atoms with Crippen LogP contribution in [0.2, 0.25) is 0 Å². The number of ether oxygens (including phenoxy) is 1. The normalized spacial score (nSPS) is 14.6. The number of benzene rings is 1. The third-order valence-electron chi connectivity index (χ3n) is 3.53. The van der Waals surface area contributed by atoms with E-state index in [-0.39, 0.29) is 6.61 Å². The minimum Gasteiger partial charge on any atom is -0.496 e. The molecule has 1 aliphatic rings. The Morgan fingerprint density at radius 1 is 1.42 bits per heavy atom. The Morgan fingerprint density at radius 2 is 2.26 bits per heavy atom. The topological polar surface area (TPSA) is 47.3 Å². The van der Waals surface area contributed by atoms with Gasteiger partial charge in [-0.05, 0) is 36.5 Å². The lowest BCUT2D eigenvalue weighted by Gasteiger charge is -2.08. The molecule has 1 aromatic carbocycles. The molecular weight excluding hydrogens is 240 g/mol. The van der Waals surface area contributed by atoms with E-state index in [4.69, 9.17) is 4.74 Å². The van der Waals surface area contributed by atoms with Gasteiger partial charge in [-0.1, -0.05) is 6.07 Å². The van der Waals surface area contributed by atoms with Crippen LogP contribution in [0.3, 0.4) is 0 Å². The summed E-state index contributed by atoms with van der Waals surface area (Å²) in [5.41, 5.74) is 2.90. The minimum absolute atomic E-state index is 0.0349. The number of rotatable bonds is 5. The molecule has 100 valence electrons. The van der Waals surface area contributed by atoms with Gasteiger partial charge in [-0.15, -0.1) is 0 Å². The highest BCUT2D eigenvalue weighted by Gasteiger charge is 2.22. The van der Waals surface area contributed by atoms with Crippen molar-refractivity contribution in [1.82, 2.24) is 9.78 Å². The first-order valence-corrected chi connectivity index (χ1v) is 6.60. The number of aliphatic hydroxyl groups is 1. The van der Waals surface area contributed by atoms with Crippen LogP contribution < -0.4 is 4.74 Å². The number of aromatic nitrogens is 2. The van der Waals surface area contributed by atoms with E-state index in [1.807, 2.05) is 29.1 Å². The zero-order valence-electron chi connectivity index (χ0n) is 11.0. The van der Waals surface area contributed by atoms with Crippen molar-refractivity contribution >= 4 is 0 Å². The molecule has 0 saturated heterocycles. The van der Waals surface area contributed by atoms with Crippen LogP contribution in [0.25, 0.3) is 11.1 Å². The van der Waals surface area contributed by atoms with Crippen LogP contribution in [0.15, 0.2) is 30.6 Å². The van der Waals surface area contributed by atoms with Crippen LogP contribution in [0, 0.1) is 5.92 Å². The van der Waals surface area contributed by atoms with Gasteiger partial charge in [0.25, 0.3) is 0 Å². The Bertz CT molecular complexity index is 573. The first kappa shape index (κ1) is 12.2. The summed E-state index contributed by atoms with van der Waals surface area (Å²) in [6, 6.07) is 5.72. The first-order valence-electron chi connectivity index (χ1n) is 6.60. The van der Waals surface area contributed by atoms with Gasteiger partial charge in [-0.25, -0.2) is 0 Å². The lowest BCUT2D eigenvalue weighted by Crippen LogP contribution is -1.99. The highest BCUT2D eigenvalue weighted by molar-refractivity contribution is 5.70. The maximum absolute atomic E-state index is 9.24. The molecule has 1 N–H and O–H groups in total. The minimum atomic E-state index is 0.0349. The van der Waals surface area contributed by atoms with Gasteiger partial charge >= 0.3 is 0 Å². The van der Waals surface area contributed by atoms with Crippen molar-refractivity contribution in [2.24, 2.45) is 5.92 Å². The molecule has 0 bridgehead atoms. The molecule has 1 aromatic heterocycles. The van der Waals surface area contributed by atoms with Gasteiger partial charge in [0.05, 0.1) is 19.9 Å². The largest absolute Gasteiger partial charge is 0.496 e. The maximum Gasteiger partial charge on any atom is 0.126 e. The van der Waals surface area contributed by atoms with Crippen molar-refractivity contribution < 1.29 is 9.84 Å². The predicted molar refractivity (Wildman–Crippen MR) is 72.9 cm³/mol. The Labute approximate surface area is 112 Å². The lowest BCUT2D eigenvalue weighted by molar-refractivity contribution is 0.281. The molecule has 19 heavy (non-hydrogen) atoms. The van der Waals surface area contributed by atoms with Gasteiger partial charge in [0, 0.05) is 23.9 Å². The maximum atomic E-state index is 9.24. The quantitative estimate of drug-likeness (QED) is 0.896. The predicted octanol–water partition coefficient (Wildman–Crippen LogP) is 2.46. The average molecular weight is 258 g/mol. The average Bonchev–Trinajstić information content (AvgIpc) is 3.14. The van der Waals surface area contributed by atoms with Gasteiger partial charge in [0.1, 0.15) is 5.75 Å². The summed E-state index contributed by atoms with van der Waals surface area (Å²) in [6.07, 6.45) is 6.55. The van der Waals surface area contributed by atoms with Crippen LogP contribution in [0.5, 0.6) is 5.75 Å². The van der Waals surface area contributed by atoms with Crippen molar-refractivity contribution in [3.05, 3.63) is 36.2 Å². The van der Waals surface area contributed by atoms with E-state index in [0.29, 0.717) is 0 Å². The summed E-state index contributed by atoms with van der Waals surface area (Å²) in [6.45, 7) is 1.04. The molecule has 0 spiro atoms. The Hall–Kier alpha value is -1.81. The summed E-state index contributed by atoms with van der Waals surface area (Å²) in [5, 5.41) is 13.6. The molecule has 1 aliphatic carbocycles. The zero-order chi connectivity index (χ0) is 13.2. The Kier molecular flexibility index (Phi) is 3.25.